The minimum Gasteiger partial charge on any atom is -0.462 e. The van der Waals surface area contributed by atoms with E-state index in [1.807, 2.05) is 0 Å². The van der Waals surface area contributed by atoms with Crippen molar-refractivity contribution in [3.8, 4) is 0 Å². The lowest BCUT2D eigenvalue weighted by atomic mass is 10.1. The van der Waals surface area contributed by atoms with Gasteiger partial charge in [0.15, 0.2) is 0 Å². The lowest BCUT2D eigenvalue weighted by molar-refractivity contribution is -0.124. The Hall–Kier alpha value is -3.65. The molecular formula is C23H22ClN3O5. The summed E-state index contributed by atoms with van der Waals surface area (Å²) in [5.74, 6) is -1.41. The Morgan fingerprint density at radius 3 is 2.38 bits per heavy atom. The second kappa shape index (κ2) is 10.1. The predicted molar refractivity (Wildman–Crippen MR) is 121 cm³/mol. The number of benzene rings is 2. The number of nitrogens with zero attached hydrogens (tertiary/aromatic N) is 2. The number of carbonyl (C=O) groups is 4. The zero-order valence-electron chi connectivity index (χ0n) is 17.4. The Morgan fingerprint density at radius 2 is 1.78 bits per heavy atom. The molecule has 0 radical (unpaired) electrons. The van der Waals surface area contributed by atoms with Gasteiger partial charge in [0.2, 0.25) is 5.91 Å². The first-order valence-electron chi connectivity index (χ1n) is 9.93. The molecular weight excluding hydrogens is 434 g/mol. The summed E-state index contributed by atoms with van der Waals surface area (Å²) in [5, 5.41) is 3.16. The van der Waals surface area contributed by atoms with Gasteiger partial charge in [-0.1, -0.05) is 17.7 Å². The highest BCUT2D eigenvalue weighted by Crippen LogP contribution is 2.28. The molecule has 2 aromatic carbocycles. The average Bonchev–Trinajstić information content (AvgIpc) is 2.99. The summed E-state index contributed by atoms with van der Waals surface area (Å²) in [6, 6.07) is 11.0. The van der Waals surface area contributed by atoms with Crippen molar-refractivity contribution in [3.05, 3.63) is 71.8 Å². The van der Waals surface area contributed by atoms with Crippen LogP contribution in [0.5, 0.6) is 0 Å². The van der Waals surface area contributed by atoms with E-state index in [9.17, 15) is 19.2 Å². The van der Waals surface area contributed by atoms with Gasteiger partial charge in [-0.2, -0.15) is 0 Å². The van der Waals surface area contributed by atoms with Crippen LogP contribution in [0.1, 0.15) is 23.7 Å². The maximum absolute atomic E-state index is 13.0. The SMILES string of the molecule is C=CCN1C(=O)N(c2ccc(Cl)cc2)C(=O)C1CC(=O)Nc1ccc(C(=O)OCC)cc1. The van der Waals surface area contributed by atoms with E-state index in [4.69, 9.17) is 16.3 Å². The van der Waals surface area contributed by atoms with E-state index in [0.717, 1.165) is 4.90 Å². The highest BCUT2D eigenvalue weighted by molar-refractivity contribution is 6.30. The number of urea groups is 1. The third kappa shape index (κ3) is 4.97. The molecule has 1 heterocycles. The molecule has 3 rings (SSSR count). The van der Waals surface area contributed by atoms with E-state index >= 15 is 0 Å². The molecule has 0 aromatic heterocycles. The van der Waals surface area contributed by atoms with E-state index in [0.29, 0.717) is 22.0 Å². The summed E-state index contributed by atoms with van der Waals surface area (Å²) in [6.07, 6.45) is 1.26. The monoisotopic (exact) mass is 455 g/mol. The van der Waals surface area contributed by atoms with Crippen molar-refractivity contribution in [2.45, 2.75) is 19.4 Å². The highest BCUT2D eigenvalue weighted by atomic mass is 35.5. The molecule has 1 unspecified atom stereocenters. The first kappa shape index (κ1) is 23.0. The molecule has 1 fully saturated rings. The Bertz CT molecular complexity index is 1040. The van der Waals surface area contributed by atoms with E-state index in [2.05, 4.69) is 11.9 Å². The van der Waals surface area contributed by atoms with Gasteiger partial charge >= 0.3 is 12.0 Å². The van der Waals surface area contributed by atoms with Crippen molar-refractivity contribution >= 4 is 46.8 Å². The molecule has 9 heteroatoms. The molecule has 0 bridgehead atoms. The number of halogens is 1. The number of nitrogens with one attached hydrogen (secondary N) is 1. The molecule has 166 valence electrons. The van der Waals surface area contributed by atoms with Crippen LogP contribution >= 0.6 is 11.6 Å². The number of carbonyl (C=O) groups excluding carboxylic acids is 4. The number of imide groups is 1. The first-order valence-corrected chi connectivity index (χ1v) is 10.3. The van der Waals surface area contributed by atoms with Crippen LogP contribution in [0.25, 0.3) is 0 Å². The number of anilines is 2. The lowest BCUT2D eigenvalue weighted by Crippen LogP contribution is -2.38. The Labute approximate surface area is 190 Å². The quantitative estimate of drug-likeness (QED) is 0.370. The third-order valence-electron chi connectivity index (χ3n) is 4.79. The van der Waals surface area contributed by atoms with Gasteiger partial charge in [0.25, 0.3) is 5.91 Å². The molecule has 0 aliphatic carbocycles. The van der Waals surface area contributed by atoms with Crippen molar-refractivity contribution in [3.63, 3.8) is 0 Å². The normalized spacial score (nSPS) is 15.6. The van der Waals surface area contributed by atoms with Crippen molar-refractivity contribution in [2.24, 2.45) is 0 Å². The van der Waals surface area contributed by atoms with Gasteiger partial charge in [-0.25, -0.2) is 14.5 Å². The van der Waals surface area contributed by atoms with Crippen LogP contribution < -0.4 is 10.2 Å². The second-order valence-corrected chi connectivity index (χ2v) is 7.38. The maximum Gasteiger partial charge on any atom is 0.338 e. The van der Waals surface area contributed by atoms with Crippen molar-refractivity contribution in [1.82, 2.24) is 4.90 Å². The fourth-order valence-electron chi connectivity index (χ4n) is 3.30. The summed E-state index contributed by atoms with van der Waals surface area (Å²) in [5.41, 5.74) is 1.18. The summed E-state index contributed by atoms with van der Waals surface area (Å²) < 4.78 is 4.93. The molecule has 1 aliphatic rings. The van der Waals surface area contributed by atoms with Gasteiger partial charge in [0.1, 0.15) is 6.04 Å². The Kier molecular flexibility index (Phi) is 7.27. The number of rotatable bonds is 8. The highest BCUT2D eigenvalue weighted by Gasteiger charge is 2.46. The predicted octanol–water partition coefficient (Wildman–Crippen LogP) is 3.87. The number of hydrogen-bond donors (Lipinski definition) is 1. The Morgan fingerprint density at radius 1 is 1.12 bits per heavy atom. The molecule has 1 N–H and O–H groups in total. The molecule has 0 spiro atoms. The summed E-state index contributed by atoms with van der Waals surface area (Å²) in [7, 11) is 0. The van der Waals surface area contributed by atoms with Crippen LogP contribution in [0.3, 0.4) is 0 Å². The van der Waals surface area contributed by atoms with Gasteiger partial charge in [0, 0.05) is 17.3 Å². The maximum atomic E-state index is 13.0. The van der Waals surface area contributed by atoms with Gasteiger partial charge in [-0.3, -0.25) is 9.59 Å². The van der Waals surface area contributed by atoms with Gasteiger partial charge < -0.3 is 15.0 Å². The van der Waals surface area contributed by atoms with E-state index in [-0.39, 0.29) is 19.6 Å². The van der Waals surface area contributed by atoms with Crippen molar-refractivity contribution < 1.29 is 23.9 Å². The lowest BCUT2D eigenvalue weighted by Gasteiger charge is -2.19. The zero-order chi connectivity index (χ0) is 23.3. The minimum absolute atomic E-state index is 0.112. The van der Waals surface area contributed by atoms with E-state index in [1.54, 1.807) is 43.3 Å². The number of amides is 4. The summed E-state index contributed by atoms with van der Waals surface area (Å²) in [4.78, 5) is 52.6. The van der Waals surface area contributed by atoms with Crippen LogP contribution in [0.15, 0.2) is 61.2 Å². The van der Waals surface area contributed by atoms with Gasteiger partial charge in [0.05, 0.1) is 24.3 Å². The van der Waals surface area contributed by atoms with E-state index < -0.39 is 29.9 Å². The molecule has 4 amide bonds. The average molecular weight is 456 g/mol. The van der Waals surface area contributed by atoms with Crippen molar-refractivity contribution in [2.75, 3.05) is 23.4 Å². The molecule has 8 nitrogen and oxygen atoms in total. The molecule has 2 aromatic rings. The molecule has 1 saturated heterocycles. The van der Waals surface area contributed by atoms with Crippen LogP contribution in [-0.4, -0.2) is 47.9 Å². The summed E-state index contributed by atoms with van der Waals surface area (Å²) in [6.45, 7) is 5.72. The third-order valence-corrected chi connectivity index (χ3v) is 5.04. The topological polar surface area (TPSA) is 96.0 Å². The van der Waals surface area contributed by atoms with Gasteiger partial charge in [-0.05, 0) is 55.5 Å². The fourth-order valence-corrected chi connectivity index (χ4v) is 3.43. The number of ether oxygens (including phenoxy) is 1. The van der Waals surface area contributed by atoms with Crippen molar-refractivity contribution in [1.29, 1.82) is 0 Å². The largest absolute Gasteiger partial charge is 0.462 e. The van der Waals surface area contributed by atoms with Crippen LogP contribution in [0.2, 0.25) is 5.02 Å². The molecule has 32 heavy (non-hydrogen) atoms. The second-order valence-electron chi connectivity index (χ2n) is 6.94. The van der Waals surface area contributed by atoms with E-state index in [1.165, 1.54) is 23.1 Å². The van der Waals surface area contributed by atoms with Crippen LogP contribution in [0, 0.1) is 0 Å². The zero-order valence-corrected chi connectivity index (χ0v) is 18.2. The van der Waals surface area contributed by atoms with Crippen LogP contribution in [0.4, 0.5) is 16.2 Å². The number of hydrogen-bond acceptors (Lipinski definition) is 5. The fraction of sp³-hybridized carbons (Fsp3) is 0.217. The Balaban J connectivity index is 1.72. The van der Waals surface area contributed by atoms with Crippen LogP contribution in [-0.2, 0) is 14.3 Å². The molecule has 0 saturated carbocycles. The summed E-state index contributed by atoms with van der Waals surface area (Å²) >= 11 is 5.90. The smallest absolute Gasteiger partial charge is 0.338 e. The minimum atomic E-state index is -0.977. The molecule has 1 aliphatic heterocycles. The first-order chi connectivity index (χ1) is 15.3. The standard InChI is InChI=1S/C23H22ClN3O5/c1-3-13-26-19(21(29)27(23(26)31)18-11-7-16(24)8-12-18)14-20(28)25-17-9-5-15(6-10-17)22(30)32-4-2/h3,5-12,19H,1,4,13-14H2,2H3,(H,25,28). The molecule has 1 atom stereocenters. The van der Waals surface area contributed by atoms with Gasteiger partial charge in [-0.15, -0.1) is 6.58 Å². The number of esters is 1.